The molecule has 1 atom stereocenters. The van der Waals surface area contributed by atoms with Crippen LogP contribution in [0.2, 0.25) is 0 Å². The highest BCUT2D eigenvalue weighted by Crippen LogP contribution is 2.32. The Labute approximate surface area is 111 Å². The first-order valence-electron chi connectivity index (χ1n) is 5.84. The van der Waals surface area contributed by atoms with E-state index in [0.717, 1.165) is 5.56 Å². The largest absolute Gasteiger partial charge is 0.480 e. The van der Waals surface area contributed by atoms with Gasteiger partial charge in [-0.3, -0.25) is 4.90 Å². The van der Waals surface area contributed by atoms with Gasteiger partial charge in [0, 0.05) is 19.2 Å². The summed E-state index contributed by atoms with van der Waals surface area (Å²) < 4.78 is 0. The molecule has 0 saturated carbocycles. The lowest BCUT2D eigenvalue weighted by molar-refractivity contribution is -0.138. The van der Waals surface area contributed by atoms with E-state index in [0.29, 0.717) is 12.1 Å². The average molecular weight is 258 g/mol. The van der Waals surface area contributed by atoms with Gasteiger partial charge in [-0.15, -0.1) is 6.42 Å². The van der Waals surface area contributed by atoms with Crippen LogP contribution >= 0.6 is 0 Å². The maximum absolute atomic E-state index is 12.3. The topological polar surface area (TPSA) is 60.9 Å². The van der Waals surface area contributed by atoms with Crippen LogP contribution in [0.1, 0.15) is 5.56 Å². The Morgan fingerprint density at radius 3 is 2.84 bits per heavy atom. The van der Waals surface area contributed by atoms with Gasteiger partial charge in [0.25, 0.3) is 0 Å². The fourth-order valence-corrected chi connectivity index (χ4v) is 2.21. The Morgan fingerprint density at radius 2 is 2.21 bits per heavy atom. The van der Waals surface area contributed by atoms with E-state index in [9.17, 15) is 14.7 Å². The molecule has 1 aliphatic heterocycles. The van der Waals surface area contributed by atoms with Gasteiger partial charge < -0.3 is 10.0 Å². The summed E-state index contributed by atoms with van der Waals surface area (Å²) in [6.07, 6.45) is 5.50. The Hall–Kier alpha value is -2.48. The summed E-state index contributed by atoms with van der Waals surface area (Å²) in [5.74, 6) is 1.36. The van der Waals surface area contributed by atoms with E-state index in [1.807, 2.05) is 12.1 Å². The Morgan fingerprint density at radius 1 is 1.53 bits per heavy atom. The predicted octanol–water partition coefficient (Wildman–Crippen LogP) is 1.19. The summed E-state index contributed by atoms with van der Waals surface area (Å²) in [6.45, 7) is 0.143. The lowest BCUT2D eigenvalue weighted by Gasteiger charge is -2.27. The molecule has 0 aromatic heterocycles. The molecule has 1 aromatic rings. The third kappa shape index (κ3) is 2.25. The second kappa shape index (κ2) is 5.02. The van der Waals surface area contributed by atoms with Crippen LogP contribution in [0.5, 0.6) is 0 Å². The molecule has 98 valence electrons. The zero-order valence-corrected chi connectivity index (χ0v) is 10.5. The molecule has 1 heterocycles. The molecular weight excluding hydrogens is 244 g/mol. The highest BCUT2D eigenvalue weighted by Gasteiger charge is 2.39. The average Bonchev–Trinajstić information content (AvgIpc) is 2.77. The number of rotatable bonds is 2. The van der Waals surface area contributed by atoms with E-state index in [4.69, 9.17) is 6.42 Å². The SMILES string of the molecule is C#CCN(C)C(=O)N1c2ccccc2C[C@H]1C(=O)O. The smallest absolute Gasteiger partial charge is 0.327 e. The van der Waals surface area contributed by atoms with Crippen LogP contribution < -0.4 is 4.90 Å². The number of para-hydroxylation sites is 1. The van der Waals surface area contributed by atoms with Gasteiger partial charge in [0.2, 0.25) is 0 Å². The molecule has 19 heavy (non-hydrogen) atoms. The number of terminal acetylenes is 1. The van der Waals surface area contributed by atoms with Crippen LogP contribution in [0.3, 0.4) is 0 Å². The van der Waals surface area contributed by atoms with Gasteiger partial charge in [0.05, 0.1) is 6.54 Å². The first-order valence-corrected chi connectivity index (χ1v) is 5.84. The minimum atomic E-state index is -1.02. The molecule has 0 radical (unpaired) electrons. The van der Waals surface area contributed by atoms with Crippen LogP contribution in [-0.4, -0.2) is 41.6 Å². The molecule has 1 aliphatic rings. The zero-order valence-electron chi connectivity index (χ0n) is 10.5. The number of carbonyl (C=O) groups excluding carboxylic acids is 1. The third-order valence-corrected chi connectivity index (χ3v) is 3.12. The molecule has 0 bridgehead atoms. The Bertz CT molecular complexity index is 562. The number of urea groups is 1. The van der Waals surface area contributed by atoms with Crippen molar-refractivity contribution in [2.24, 2.45) is 0 Å². The first-order chi connectivity index (χ1) is 9.06. The van der Waals surface area contributed by atoms with E-state index in [-0.39, 0.29) is 6.54 Å². The van der Waals surface area contributed by atoms with Gasteiger partial charge in [-0.1, -0.05) is 24.1 Å². The molecule has 0 fully saturated rings. The summed E-state index contributed by atoms with van der Waals surface area (Å²) in [5.41, 5.74) is 1.50. The van der Waals surface area contributed by atoms with Gasteiger partial charge in [0.15, 0.2) is 0 Å². The number of fused-ring (bicyclic) bond motifs is 1. The van der Waals surface area contributed by atoms with E-state index in [1.54, 1.807) is 19.2 Å². The minimum absolute atomic E-state index is 0.143. The van der Waals surface area contributed by atoms with Crippen molar-refractivity contribution in [3.05, 3.63) is 29.8 Å². The predicted molar refractivity (Wildman–Crippen MR) is 70.9 cm³/mol. The molecule has 5 nitrogen and oxygen atoms in total. The van der Waals surface area contributed by atoms with Gasteiger partial charge >= 0.3 is 12.0 Å². The van der Waals surface area contributed by atoms with Crippen molar-refractivity contribution in [1.29, 1.82) is 0 Å². The van der Waals surface area contributed by atoms with Crippen LogP contribution in [0.4, 0.5) is 10.5 Å². The maximum atomic E-state index is 12.3. The highest BCUT2D eigenvalue weighted by atomic mass is 16.4. The summed E-state index contributed by atoms with van der Waals surface area (Å²) in [4.78, 5) is 26.3. The Kier molecular flexibility index (Phi) is 3.43. The monoisotopic (exact) mass is 258 g/mol. The Balaban J connectivity index is 2.37. The third-order valence-electron chi connectivity index (χ3n) is 3.12. The number of amides is 2. The fraction of sp³-hybridized carbons (Fsp3) is 0.286. The number of benzene rings is 1. The van der Waals surface area contributed by atoms with E-state index in [2.05, 4.69) is 5.92 Å². The van der Waals surface area contributed by atoms with Crippen LogP contribution in [0.15, 0.2) is 24.3 Å². The van der Waals surface area contributed by atoms with Crippen LogP contribution in [-0.2, 0) is 11.2 Å². The van der Waals surface area contributed by atoms with Crippen molar-refractivity contribution in [1.82, 2.24) is 4.90 Å². The molecule has 0 aliphatic carbocycles. The zero-order chi connectivity index (χ0) is 14.0. The molecule has 0 spiro atoms. The second-order valence-corrected chi connectivity index (χ2v) is 4.40. The molecule has 2 rings (SSSR count). The number of hydrogen-bond acceptors (Lipinski definition) is 2. The van der Waals surface area contributed by atoms with Crippen molar-refractivity contribution in [3.63, 3.8) is 0 Å². The molecule has 1 N–H and O–H groups in total. The molecule has 0 unspecified atom stereocenters. The summed E-state index contributed by atoms with van der Waals surface area (Å²) in [6, 6.07) is 5.93. The number of carboxylic acid groups (broad SMARTS) is 1. The molecule has 2 amide bonds. The van der Waals surface area contributed by atoms with E-state index in [1.165, 1.54) is 9.80 Å². The van der Waals surface area contributed by atoms with Crippen LogP contribution in [0, 0.1) is 12.3 Å². The molecule has 1 aromatic carbocycles. The summed E-state index contributed by atoms with van der Waals surface area (Å²) in [7, 11) is 1.56. The van der Waals surface area contributed by atoms with Gasteiger partial charge in [-0.05, 0) is 11.6 Å². The van der Waals surface area contributed by atoms with E-state index >= 15 is 0 Å². The second-order valence-electron chi connectivity index (χ2n) is 4.40. The van der Waals surface area contributed by atoms with Crippen molar-refractivity contribution in [2.75, 3.05) is 18.5 Å². The van der Waals surface area contributed by atoms with Crippen LogP contribution in [0.25, 0.3) is 0 Å². The quantitative estimate of drug-likeness (QED) is 0.810. The van der Waals surface area contributed by atoms with E-state index < -0.39 is 18.0 Å². The highest BCUT2D eigenvalue weighted by molar-refractivity contribution is 6.01. The van der Waals surface area contributed by atoms with Crippen molar-refractivity contribution in [2.45, 2.75) is 12.5 Å². The molecule has 5 heteroatoms. The van der Waals surface area contributed by atoms with Gasteiger partial charge in [-0.2, -0.15) is 0 Å². The lowest BCUT2D eigenvalue weighted by atomic mass is 10.1. The summed E-state index contributed by atoms with van der Waals surface area (Å²) >= 11 is 0. The van der Waals surface area contributed by atoms with Gasteiger partial charge in [0.1, 0.15) is 6.04 Å². The number of hydrogen-bond donors (Lipinski definition) is 1. The number of nitrogens with zero attached hydrogens (tertiary/aromatic N) is 2. The lowest BCUT2D eigenvalue weighted by Crippen LogP contribution is -2.48. The summed E-state index contributed by atoms with van der Waals surface area (Å²) in [5, 5.41) is 9.26. The number of anilines is 1. The van der Waals surface area contributed by atoms with Gasteiger partial charge in [-0.25, -0.2) is 9.59 Å². The minimum Gasteiger partial charge on any atom is -0.480 e. The normalized spacial score (nSPS) is 16.6. The standard InChI is InChI=1S/C14H14N2O3/c1-3-8-15(2)14(19)16-11-7-5-4-6-10(11)9-12(16)13(17)18/h1,4-7,12H,8-9H2,2H3,(H,17,18)/t12-/m0/s1. The number of carbonyl (C=O) groups is 2. The van der Waals surface area contributed by atoms with Crippen molar-refractivity contribution in [3.8, 4) is 12.3 Å². The first kappa shape index (κ1) is 13.0. The molecular formula is C14H14N2O3. The molecule has 0 saturated heterocycles. The fourth-order valence-electron chi connectivity index (χ4n) is 2.21. The van der Waals surface area contributed by atoms with Crippen molar-refractivity contribution >= 4 is 17.7 Å². The van der Waals surface area contributed by atoms with Crippen molar-refractivity contribution < 1.29 is 14.7 Å². The number of aliphatic carboxylic acids is 1. The number of carboxylic acids is 1. The maximum Gasteiger partial charge on any atom is 0.327 e.